The number of hydrogen-bond acceptors (Lipinski definition) is 3. The van der Waals surface area contributed by atoms with Crippen molar-refractivity contribution in [1.29, 1.82) is 0 Å². The molecule has 3 nitrogen and oxygen atoms in total. The summed E-state index contributed by atoms with van der Waals surface area (Å²) < 4.78 is 0. The SMILES string of the molecule is Oc1cccc(-c2cnc(Cl)nc2)c1. The van der Waals surface area contributed by atoms with Crippen LogP contribution in [0.3, 0.4) is 0 Å². The van der Waals surface area contributed by atoms with E-state index in [1.165, 1.54) is 0 Å². The van der Waals surface area contributed by atoms with E-state index in [1.807, 2.05) is 6.07 Å². The zero-order chi connectivity index (χ0) is 9.97. The molecule has 0 aliphatic heterocycles. The molecule has 1 aromatic carbocycles. The number of nitrogens with zero attached hydrogens (tertiary/aromatic N) is 2. The molecule has 0 aliphatic carbocycles. The number of phenols is 1. The van der Waals surface area contributed by atoms with Crippen LogP contribution in [0.15, 0.2) is 36.7 Å². The molecule has 0 bridgehead atoms. The van der Waals surface area contributed by atoms with Crippen molar-refractivity contribution in [1.82, 2.24) is 9.97 Å². The van der Waals surface area contributed by atoms with Gasteiger partial charge in [0.05, 0.1) is 0 Å². The van der Waals surface area contributed by atoms with E-state index < -0.39 is 0 Å². The summed E-state index contributed by atoms with van der Waals surface area (Å²) in [6.45, 7) is 0. The summed E-state index contributed by atoms with van der Waals surface area (Å²) in [4.78, 5) is 7.72. The standard InChI is InChI=1S/C10H7ClN2O/c11-10-12-5-8(6-13-10)7-2-1-3-9(14)4-7/h1-6,14H. The van der Waals surface area contributed by atoms with Gasteiger partial charge in [0.25, 0.3) is 0 Å². The van der Waals surface area contributed by atoms with E-state index in [0.717, 1.165) is 11.1 Å². The average molecular weight is 207 g/mol. The largest absolute Gasteiger partial charge is 0.508 e. The Morgan fingerprint density at radius 2 is 1.79 bits per heavy atom. The predicted molar refractivity (Wildman–Crippen MR) is 54.1 cm³/mol. The summed E-state index contributed by atoms with van der Waals surface area (Å²) >= 11 is 5.56. The Morgan fingerprint density at radius 1 is 1.07 bits per heavy atom. The number of hydrogen-bond donors (Lipinski definition) is 1. The second kappa shape index (κ2) is 3.64. The molecule has 0 spiro atoms. The van der Waals surface area contributed by atoms with E-state index in [9.17, 15) is 5.11 Å². The third-order valence-corrected chi connectivity index (χ3v) is 1.99. The molecule has 4 heteroatoms. The highest BCUT2D eigenvalue weighted by Gasteiger charge is 1.99. The van der Waals surface area contributed by atoms with Gasteiger partial charge in [-0.3, -0.25) is 0 Å². The Bertz CT molecular complexity index is 442. The van der Waals surface area contributed by atoms with Crippen molar-refractivity contribution in [3.8, 4) is 16.9 Å². The molecule has 0 saturated heterocycles. The topological polar surface area (TPSA) is 46.0 Å². The highest BCUT2D eigenvalue weighted by Crippen LogP contribution is 2.21. The minimum absolute atomic E-state index is 0.217. The van der Waals surface area contributed by atoms with Gasteiger partial charge in [-0.1, -0.05) is 12.1 Å². The molecule has 1 heterocycles. The first-order chi connectivity index (χ1) is 6.75. The Kier molecular flexibility index (Phi) is 2.33. The van der Waals surface area contributed by atoms with Crippen LogP contribution in [0.5, 0.6) is 5.75 Å². The minimum atomic E-state index is 0.217. The fourth-order valence-corrected chi connectivity index (χ4v) is 1.24. The highest BCUT2D eigenvalue weighted by atomic mass is 35.5. The molecule has 2 rings (SSSR count). The lowest BCUT2D eigenvalue weighted by atomic mass is 10.1. The smallest absolute Gasteiger partial charge is 0.222 e. The minimum Gasteiger partial charge on any atom is -0.508 e. The van der Waals surface area contributed by atoms with Gasteiger partial charge in [0.15, 0.2) is 0 Å². The first-order valence-corrected chi connectivity index (χ1v) is 4.40. The third kappa shape index (κ3) is 1.83. The van der Waals surface area contributed by atoms with Gasteiger partial charge in [-0.05, 0) is 29.3 Å². The molecule has 0 unspecified atom stereocenters. The second-order valence-electron chi connectivity index (χ2n) is 2.79. The lowest BCUT2D eigenvalue weighted by Gasteiger charge is -2.00. The summed E-state index contributed by atoms with van der Waals surface area (Å²) in [5.41, 5.74) is 1.69. The lowest BCUT2D eigenvalue weighted by Crippen LogP contribution is -1.83. The zero-order valence-electron chi connectivity index (χ0n) is 7.18. The van der Waals surface area contributed by atoms with Crippen LogP contribution in [0.1, 0.15) is 0 Å². The molecule has 0 atom stereocenters. The van der Waals surface area contributed by atoms with Gasteiger partial charge in [0, 0.05) is 18.0 Å². The van der Waals surface area contributed by atoms with Crippen molar-refractivity contribution < 1.29 is 5.11 Å². The maximum Gasteiger partial charge on any atom is 0.222 e. The summed E-state index contributed by atoms with van der Waals surface area (Å²) in [6, 6.07) is 6.89. The van der Waals surface area contributed by atoms with Crippen LogP contribution in [0, 0.1) is 0 Å². The maximum atomic E-state index is 9.26. The van der Waals surface area contributed by atoms with Gasteiger partial charge >= 0.3 is 0 Å². The number of aromatic hydroxyl groups is 1. The van der Waals surface area contributed by atoms with Crippen LogP contribution in [0.25, 0.3) is 11.1 Å². The number of benzene rings is 1. The van der Waals surface area contributed by atoms with Gasteiger partial charge in [0.2, 0.25) is 5.28 Å². The fraction of sp³-hybridized carbons (Fsp3) is 0. The van der Waals surface area contributed by atoms with E-state index in [0.29, 0.717) is 0 Å². The molecule has 14 heavy (non-hydrogen) atoms. The fourth-order valence-electron chi connectivity index (χ4n) is 1.15. The quantitative estimate of drug-likeness (QED) is 0.730. The van der Waals surface area contributed by atoms with E-state index in [2.05, 4.69) is 9.97 Å². The lowest BCUT2D eigenvalue weighted by molar-refractivity contribution is 0.475. The van der Waals surface area contributed by atoms with Crippen molar-refractivity contribution in [2.75, 3.05) is 0 Å². The molecule has 1 N–H and O–H groups in total. The third-order valence-electron chi connectivity index (χ3n) is 1.80. The van der Waals surface area contributed by atoms with Crippen LogP contribution < -0.4 is 0 Å². The van der Waals surface area contributed by atoms with Crippen LogP contribution in [-0.4, -0.2) is 15.1 Å². The predicted octanol–water partition coefficient (Wildman–Crippen LogP) is 2.50. The number of phenolic OH excluding ortho intramolecular Hbond substituents is 1. The Morgan fingerprint density at radius 3 is 2.43 bits per heavy atom. The number of halogens is 1. The monoisotopic (exact) mass is 206 g/mol. The zero-order valence-corrected chi connectivity index (χ0v) is 7.94. The molecule has 1 aromatic heterocycles. The van der Waals surface area contributed by atoms with Gasteiger partial charge in [-0.2, -0.15) is 0 Å². The van der Waals surface area contributed by atoms with Gasteiger partial charge in [-0.25, -0.2) is 9.97 Å². The molecule has 2 aromatic rings. The molecule has 70 valence electrons. The highest BCUT2D eigenvalue weighted by molar-refractivity contribution is 6.28. The van der Waals surface area contributed by atoms with Crippen molar-refractivity contribution >= 4 is 11.6 Å². The number of rotatable bonds is 1. The molecule has 0 aliphatic rings. The second-order valence-corrected chi connectivity index (χ2v) is 3.13. The van der Waals surface area contributed by atoms with Crippen LogP contribution in [0.2, 0.25) is 5.28 Å². The number of aromatic nitrogens is 2. The van der Waals surface area contributed by atoms with Crippen molar-refractivity contribution in [3.63, 3.8) is 0 Å². The van der Waals surface area contributed by atoms with Crippen LogP contribution >= 0.6 is 11.6 Å². The molecule has 0 saturated carbocycles. The first kappa shape index (κ1) is 8.97. The molecule has 0 fully saturated rings. The van der Waals surface area contributed by atoms with Crippen LogP contribution in [-0.2, 0) is 0 Å². The van der Waals surface area contributed by atoms with Gasteiger partial charge in [-0.15, -0.1) is 0 Å². The molecular formula is C10H7ClN2O. The van der Waals surface area contributed by atoms with Crippen LogP contribution in [0.4, 0.5) is 0 Å². The average Bonchev–Trinajstić information content (AvgIpc) is 2.19. The summed E-state index contributed by atoms with van der Waals surface area (Å²) in [6.07, 6.45) is 3.23. The van der Waals surface area contributed by atoms with Gasteiger partial charge < -0.3 is 5.11 Å². The summed E-state index contributed by atoms with van der Waals surface area (Å²) in [5, 5.41) is 9.48. The summed E-state index contributed by atoms with van der Waals surface area (Å²) in [7, 11) is 0. The molecule has 0 radical (unpaired) electrons. The molecule has 0 amide bonds. The first-order valence-electron chi connectivity index (χ1n) is 4.02. The van der Waals surface area contributed by atoms with E-state index in [1.54, 1.807) is 30.6 Å². The van der Waals surface area contributed by atoms with Crippen molar-refractivity contribution in [2.45, 2.75) is 0 Å². The van der Waals surface area contributed by atoms with E-state index in [4.69, 9.17) is 11.6 Å². The maximum absolute atomic E-state index is 9.26. The van der Waals surface area contributed by atoms with Gasteiger partial charge in [0.1, 0.15) is 5.75 Å². The molecular weight excluding hydrogens is 200 g/mol. The normalized spacial score (nSPS) is 10.1. The van der Waals surface area contributed by atoms with E-state index in [-0.39, 0.29) is 11.0 Å². The Hall–Kier alpha value is -1.61. The Balaban J connectivity index is 2.44. The summed E-state index contributed by atoms with van der Waals surface area (Å²) in [5.74, 6) is 0.220. The van der Waals surface area contributed by atoms with Crippen molar-refractivity contribution in [2.24, 2.45) is 0 Å². The van der Waals surface area contributed by atoms with Crippen molar-refractivity contribution in [3.05, 3.63) is 41.9 Å². The Labute approximate surface area is 86.0 Å². The van der Waals surface area contributed by atoms with E-state index >= 15 is 0 Å².